The van der Waals surface area contributed by atoms with E-state index >= 15 is 0 Å². The Morgan fingerprint density at radius 1 is 1.06 bits per heavy atom. The van der Waals surface area contributed by atoms with Gasteiger partial charge in [0.1, 0.15) is 11.4 Å². The smallest absolute Gasteiger partial charge is 0.270 e. The lowest BCUT2D eigenvalue weighted by molar-refractivity contribution is -0.122. The molecule has 31 heavy (non-hydrogen) atoms. The third-order valence-corrected chi connectivity index (χ3v) is 5.49. The maximum absolute atomic E-state index is 14.7. The number of morpholine rings is 1. The molecule has 2 amide bonds. The Morgan fingerprint density at radius 3 is 2.39 bits per heavy atom. The molecule has 8 heteroatoms. The minimum absolute atomic E-state index is 0.0194. The van der Waals surface area contributed by atoms with Gasteiger partial charge in [0.2, 0.25) is 0 Å². The van der Waals surface area contributed by atoms with Crippen molar-refractivity contribution in [2.75, 3.05) is 36.1 Å². The van der Waals surface area contributed by atoms with E-state index in [9.17, 15) is 14.0 Å². The zero-order valence-electron chi connectivity index (χ0n) is 17.3. The predicted octanol–water partition coefficient (Wildman–Crippen LogP) is 3.11. The molecule has 2 fully saturated rings. The van der Waals surface area contributed by atoms with Gasteiger partial charge in [-0.3, -0.25) is 19.8 Å². The van der Waals surface area contributed by atoms with E-state index in [1.54, 1.807) is 12.1 Å². The van der Waals surface area contributed by atoms with Gasteiger partial charge in [-0.1, -0.05) is 12.1 Å². The topological polar surface area (TPSA) is 61.9 Å². The molecule has 0 aromatic heterocycles. The van der Waals surface area contributed by atoms with E-state index in [0.717, 1.165) is 11.1 Å². The number of benzene rings is 2. The quantitative estimate of drug-likeness (QED) is 0.452. The lowest BCUT2D eigenvalue weighted by Crippen LogP contribution is -2.54. The number of halogens is 1. The van der Waals surface area contributed by atoms with E-state index < -0.39 is 17.6 Å². The minimum Gasteiger partial charge on any atom is -0.378 e. The molecule has 1 N–H and O–H groups in total. The van der Waals surface area contributed by atoms with Crippen LogP contribution in [0.1, 0.15) is 16.7 Å². The van der Waals surface area contributed by atoms with Crippen molar-refractivity contribution in [3.8, 4) is 0 Å². The summed E-state index contributed by atoms with van der Waals surface area (Å²) in [5.41, 5.74) is 3.30. The van der Waals surface area contributed by atoms with Gasteiger partial charge < -0.3 is 9.64 Å². The third kappa shape index (κ3) is 4.35. The van der Waals surface area contributed by atoms with Crippen LogP contribution in [0.25, 0.3) is 6.08 Å². The average Bonchev–Trinajstić information content (AvgIpc) is 2.71. The van der Waals surface area contributed by atoms with Crippen LogP contribution in [0.3, 0.4) is 0 Å². The Labute approximate surface area is 185 Å². The van der Waals surface area contributed by atoms with E-state index in [-0.39, 0.29) is 10.7 Å². The van der Waals surface area contributed by atoms with Crippen molar-refractivity contribution in [2.24, 2.45) is 0 Å². The van der Waals surface area contributed by atoms with Crippen molar-refractivity contribution >= 4 is 46.6 Å². The second kappa shape index (κ2) is 8.56. The second-order valence-electron chi connectivity index (χ2n) is 7.61. The highest BCUT2D eigenvalue weighted by atomic mass is 32.1. The van der Waals surface area contributed by atoms with Gasteiger partial charge in [-0.05, 0) is 73.1 Å². The number of amides is 2. The summed E-state index contributed by atoms with van der Waals surface area (Å²) in [6.07, 6.45) is 1.39. The molecule has 4 rings (SSSR count). The molecule has 2 aromatic rings. The summed E-state index contributed by atoms with van der Waals surface area (Å²) >= 11 is 5.25. The number of rotatable bonds is 3. The van der Waals surface area contributed by atoms with Crippen LogP contribution in [0.5, 0.6) is 0 Å². The summed E-state index contributed by atoms with van der Waals surface area (Å²) in [6.45, 7) is 6.16. The van der Waals surface area contributed by atoms with Crippen molar-refractivity contribution in [3.63, 3.8) is 0 Å². The molecule has 2 aromatic carbocycles. The number of carbonyl (C=O) groups is 2. The van der Waals surface area contributed by atoms with E-state index in [1.807, 2.05) is 36.9 Å². The Hall–Kier alpha value is -3.10. The van der Waals surface area contributed by atoms with Crippen LogP contribution in [-0.4, -0.2) is 43.2 Å². The van der Waals surface area contributed by atoms with Gasteiger partial charge in [0.25, 0.3) is 11.8 Å². The van der Waals surface area contributed by atoms with Crippen molar-refractivity contribution in [1.29, 1.82) is 0 Å². The number of hydrogen-bond acceptors (Lipinski definition) is 5. The first-order valence-corrected chi connectivity index (χ1v) is 10.4. The summed E-state index contributed by atoms with van der Waals surface area (Å²) in [7, 11) is 0. The molecule has 2 aliphatic rings. The SMILES string of the molecule is Cc1cc(C)cc(N2C(=O)/C(=C/c3ccc(N4CCOCC4)c(F)c3)C(=O)NC2=S)c1. The summed E-state index contributed by atoms with van der Waals surface area (Å²) in [5.74, 6) is -1.56. The average molecular weight is 440 g/mol. The highest BCUT2D eigenvalue weighted by Gasteiger charge is 2.34. The first kappa shape index (κ1) is 21.1. The first-order valence-electron chi connectivity index (χ1n) is 9.95. The van der Waals surface area contributed by atoms with E-state index in [4.69, 9.17) is 17.0 Å². The maximum atomic E-state index is 14.7. The highest BCUT2D eigenvalue weighted by molar-refractivity contribution is 7.80. The normalized spacial score (nSPS) is 18.5. The highest BCUT2D eigenvalue weighted by Crippen LogP contribution is 2.26. The Morgan fingerprint density at radius 2 is 1.74 bits per heavy atom. The van der Waals surface area contributed by atoms with Crippen LogP contribution >= 0.6 is 12.2 Å². The van der Waals surface area contributed by atoms with Gasteiger partial charge in [0, 0.05) is 13.1 Å². The number of carbonyl (C=O) groups excluding carboxylic acids is 2. The molecule has 0 unspecified atom stereocenters. The molecule has 0 atom stereocenters. The Balaban J connectivity index is 1.66. The number of hydrogen-bond donors (Lipinski definition) is 1. The lowest BCUT2D eigenvalue weighted by Gasteiger charge is -2.30. The molecule has 160 valence electrons. The zero-order valence-corrected chi connectivity index (χ0v) is 18.1. The fourth-order valence-electron chi connectivity index (χ4n) is 3.81. The molecule has 0 radical (unpaired) electrons. The molecule has 0 spiro atoms. The standard InChI is InChI=1S/C23H22FN3O3S/c1-14-9-15(2)11-17(10-14)27-22(29)18(21(28)25-23(27)31)12-16-3-4-20(19(24)13-16)26-5-7-30-8-6-26/h3-4,9-13H,5-8H2,1-2H3,(H,25,28,31)/b18-12+. The number of thiocarbonyl (C=S) groups is 1. The number of nitrogens with zero attached hydrogens (tertiary/aromatic N) is 2. The molecule has 0 saturated carbocycles. The van der Waals surface area contributed by atoms with E-state index in [0.29, 0.717) is 43.2 Å². The number of nitrogens with one attached hydrogen (secondary N) is 1. The van der Waals surface area contributed by atoms with Crippen molar-refractivity contribution in [2.45, 2.75) is 13.8 Å². The van der Waals surface area contributed by atoms with Gasteiger partial charge in [-0.25, -0.2) is 4.39 Å². The van der Waals surface area contributed by atoms with Crippen LogP contribution in [0.4, 0.5) is 15.8 Å². The summed E-state index contributed by atoms with van der Waals surface area (Å²) in [4.78, 5) is 28.9. The van der Waals surface area contributed by atoms with Crippen LogP contribution in [-0.2, 0) is 14.3 Å². The van der Waals surface area contributed by atoms with Gasteiger partial charge in [-0.2, -0.15) is 0 Å². The first-order chi connectivity index (χ1) is 14.8. The molecule has 0 aliphatic carbocycles. The lowest BCUT2D eigenvalue weighted by atomic mass is 10.0. The van der Waals surface area contributed by atoms with Gasteiger partial charge in [0.15, 0.2) is 5.11 Å². The van der Waals surface area contributed by atoms with Gasteiger partial charge in [0.05, 0.1) is 24.6 Å². The molecule has 2 heterocycles. The van der Waals surface area contributed by atoms with Gasteiger partial charge in [-0.15, -0.1) is 0 Å². The zero-order chi connectivity index (χ0) is 22.1. The second-order valence-corrected chi connectivity index (χ2v) is 8.00. The summed E-state index contributed by atoms with van der Waals surface area (Å²) < 4.78 is 20.1. The molecule has 0 bridgehead atoms. The van der Waals surface area contributed by atoms with E-state index in [1.165, 1.54) is 17.0 Å². The fourth-order valence-corrected chi connectivity index (χ4v) is 4.09. The predicted molar refractivity (Wildman–Crippen MR) is 122 cm³/mol. The van der Waals surface area contributed by atoms with Crippen molar-refractivity contribution < 1.29 is 18.7 Å². The summed E-state index contributed by atoms with van der Waals surface area (Å²) in [5, 5.41) is 2.58. The van der Waals surface area contributed by atoms with Crippen LogP contribution in [0.15, 0.2) is 42.0 Å². The summed E-state index contributed by atoms with van der Waals surface area (Å²) in [6, 6.07) is 10.3. The van der Waals surface area contributed by atoms with Crippen LogP contribution in [0.2, 0.25) is 0 Å². The third-order valence-electron chi connectivity index (χ3n) is 5.20. The number of ether oxygens (including phenoxy) is 1. The Kier molecular flexibility index (Phi) is 5.84. The molecular formula is C23H22FN3O3S. The van der Waals surface area contributed by atoms with Crippen molar-refractivity contribution in [1.82, 2.24) is 5.32 Å². The largest absolute Gasteiger partial charge is 0.378 e. The number of anilines is 2. The monoisotopic (exact) mass is 439 g/mol. The van der Waals surface area contributed by atoms with E-state index in [2.05, 4.69) is 5.32 Å². The van der Waals surface area contributed by atoms with Gasteiger partial charge >= 0.3 is 0 Å². The minimum atomic E-state index is -0.603. The molecule has 2 saturated heterocycles. The van der Waals surface area contributed by atoms with Crippen LogP contribution < -0.4 is 15.1 Å². The maximum Gasteiger partial charge on any atom is 0.270 e. The molecular weight excluding hydrogens is 417 g/mol. The van der Waals surface area contributed by atoms with Crippen LogP contribution in [0, 0.1) is 19.7 Å². The Bertz CT molecular complexity index is 1090. The van der Waals surface area contributed by atoms with Crippen molar-refractivity contribution in [3.05, 3.63) is 64.5 Å². The molecule has 2 aliphatic heterocycles. The number of aryl methyl sites for hydroxylation is 2. The molecule has 6 nitrogen and oxygen atoms in total. The fraction of sp³-hybridized carbons (Fsp3) is 0.261.